The van der Waals surface area contributed by atoms with E-state index in [1.807, 2.05) is 37.4 Å². The number of phenols is 1. The normalized spacial score (nSPS) is 11.2. The van der Waals surface area contributed by atoms with Crippen LogP contribution in [0.3, 0.4) is 0 Å². The Morgan fingerprint density at radius 1 is 1.16 bits per heavy atom. The molecule has 2 N–H and O–H groups in total. The molecule has 2 rings (SSSR count). The highest BCUT2D eigenvalue weighted by Crippen LogP contribution is 2.18. The molecule has 0 fully saturated rings. The first kappa shape index (κ1) is 18.6. The van der Waals surface area contributed by atoms with E-state index in [9.17, 15) is 5.11 Å². The van der Waals surface area contributed by atoms with Crippen LogP contribution in [0.4, 0.5) is 0 Å². The van der Waals surface area contributed by atoms with Gasteiger partial charge in [-0.2, -0.15) is 0 Å². The second kappa shape index (κ2) is 9.57. The van der Waals surface area contributed by atoms with Gasteiger partial charge in [-0.3, -0.25) is 4.99 Å². The highest BCUT2D eigenvalue weighted by atomic mass is 16.5. The molecule has 0 aliphatic heterocycles. The number of aryl methyl sites for hydroxylation is 1. The Kier molecular flexibility index (Phi) is 7.14. The van der Waals surface area contributed by atoms with Gasteiger partial charge in [0.05, 0.1) is 7.11 Å². The average Bonchev–Trinajstić information content (AvgIpc) is 2.63. The lowest BCUT2D eigenvalue weighted by Crippen LogP contribution is -2.39. The number of rotatable bonds is 7. The Labute approximate surface area is 150 Å². The fourth-order valence-electron chi connectivity index (χ4n) is 2.70. The molecule has 25 heavy (non-hydrogen) atoms. The van der Waals surface area contributed by atoms with E-state index in [2.05, 4.69) is 21.3 Å². The third-order valence-corrected chi connectivity index (χ3v) is 4.04. The number of para-hydroxylation sites is 1. The monoisotopic (exact) mass is 341 g/mol. The predicted molar refractivity (Wildman–Crippen MR) is 102 cm³/mol. The van der Waals surface area contributed by atoms with Gasteiger partial charge in [0.15, 0.2) is 5.96 Å². The van der Waals surface area contributed by atoms with Crippen molar-refractivity contribution in [2.45, 2.75) is 19.4 Å². The van der Waals surface area contributed by atoms with Crippen molar-refractivity contribution in [3.05, 3.63) is 59.7 Å². The zero-order valence-electron chi connectivity index (χ0n) is 15.2. The molecular formula is C20H27N3O2. The van der Waals surface area contributed by atoms with Crippen LogP contribution in [0.2, 0.25) is 0 Å². The summed E-state index contributed by atoms with van der Waals surface area (Å²) in [5.74, 6) is 2.05. The van der Waals surface area contributed by atoms with E-state index in [1.54, 1.807) is 26.3 Å². The van der Waals surface area contributed by atoms with Gasteiger partial charge in [-0.1, -0.05) is 30.3 Å². The van der Waals surface area contributed by atoms with Crippen LogP contribution in [0.1, 0.15) is 17.5 Å². The fourth-order valence-corrected chi connectivity index (χ4v) is 2.70. The molecule has 0 heterocycles. The van der Waals surface area contributed by atoms with Crippen LogP contribution in [0, 0.1) is 0 Å². The molecule has 0 radical (unpaired) electrons. The molecule has 5 nitrogen and oxygen atoms in total. The average molecular weight is 341 g/mol. The summed E-state index contributed by atoms with van der Waals surface area (Å²) in [5, 5.41) is 12.7. The number of aliphatic imine (C=N–C) groups is 1. The zero-order chi connectivity index (χ0) is 18.1. The number of methoxy groups -OCH3 is 1. The zero-order valence-corrected chi connectivity index (χ0v) is 15.2. The number of phenolic OH excluding ortho intramolecular Hbond substituents is 1. The Balaban J connectivity index is 1.82. The molecule has 134 valence electrons. The number of benzene rings is 2. The van der Waals surface area contributed by atoms with Crippen molar-refractivity contribution in [2.75, 3.05) is 27.7 Å². The molecule has 0 spiro atoms. The maximum Gasteiger partial charge on any atom is 0.193 e. The van der Waals surface area contributed by atoms with Gasteiger partial charge in [0, 0.05) is 32.7 Å². The van der Waals surface area contributed by atoms with Gasteiger partial charge in [-0.15, -0.1) is 0 Å². The second-order valence-electron chi connectivity index (χ2n) is 5.91. The van der Waals surface area contributed by atoms with Crippen molar-refractivity contribution < 1.29 is 9.84 Å². The minimum atomic E-state index is 0.306. The quantitative estimate of drug-likeness (QED) is 0.462. The topological polar surface area (TPSA) is 57.1 Å². The van der Waals surface area contributed by atoms with Crippen molar-refractivity contribution >= 4 is 5.96 Å². The van der Waals surface area contributed by atoms with Crippen LogP contribution >= 0.6 is 0 Å². The number of hydrogen-bond acceptors (Lipinski definition) is 3. The van der Waals surface area contributed by atoms with E-state index < -0.39 is 0 Å². The van der Waals surface area contributed by atoms with E-state index in [0.717, 1.165) is 43.2 Å². The molecule has 0 bridgehead atoms. The minimum absolute atomic E-state index is 0.306. The third kappa shape index (κ3) is 5.71. The first-order chi connectivity index (χ1) is 12.1. The molecule has 0 unspecified atom stereocenters. The molecule has 0 aromatic heterocycles. The lowest BCUT2D eigenvalue weighted by atomic mass is 10.1. The van der Waals surface area contributed by atoms with Crippen LogP contribution in [-0.2, 0) is 13.0 Å². The molecule has 0 saturated heterocycles. The van der Waals surface area contributed by atoms with E-state index in [-0.39, 0.29) is 0 Å². The largest absolute Gasteiger partial charge is 0.508 e. The van der Waals surface area contributed by atoms with Crippen LogP contribution in [0.25, 0.3) is 0 Å². The first-order valence-corrected chi connectivity index (χ1v) is 8.45. The van der Waals surface area contributed by atoms with Crippen molar-refractivity contribution in [1.82, 2.24) is 10.2 Å². The van der Waals surface area contributed by atoms with Gasteiger partial charge < -0.3 is 20.1 Å². The highest BCUT2D eigenvalue weighted by Gasteiger charge is 2.09. The van der Waals surface area contributed by atoms with Crippen LogP contribution < -0.4 is 10.1 Å². The van der Waals surface area contributed by atoms with E-state index in [0.29, 0.717) is 5.75 Å². The number of hydrogen-bond donors (Lipinski definition) is 2. The number of ether oxygens (including phenoxy) is 1. The molecule has 2 aromatic rings. The summed E-state index contributed by atoms with van der Waals surface area (Å²) in [5.41, 5.74) is 2.34. The van der Waals surface area contributed by atoms with Gasteiger partial charge in [-0.05, 0) is 36.6 Å². The fraction of sp³-hybridized carbons (Fsp3) is 0.350. The Hall–Kier alpha value is -2.69. The summed E-state index contributed by atoms with van der Waals surface area (Å²) < 4.78 is 5.41. The van der Waals surface area contributed by atoms with Gasteiger partial charge in [-0.25, -0.2) is 0 Å². The number of guanidine groups is 1. The van der Waals surface area contributed by atoms with Gasteiger partial charge in [0.1, 0.15) is 11.5 Å². The van der Waals surface area contributed by atoms with Crippen molar-refractivity contribution in [3.8, 4) is 11.5 Å². The van der Waals surface area contributed by atoms with Crippen LogP contribution in [0.5, 0.6) is 11.5 Å². The first-order valence-electron chi connectivity index (χ1n) is 8.45. The van der Waals surface area contributed by atoms with E-state index >= 15 is 0 Å². The van der Waals surface area contributed by atoms with Gasteiger partial charge in [0.25, 0.3) is 0 Å². The summed E-state index contributed by atoms with van der Waals surface area (Å²) in [6, 6.07) is 15.4. The molecule has 0 atom stereocenters. The minimum Gasteiger partial charge on any atom is -0.508 e. The number of nitrogens with zero attached hydrogens (tertiary/aromatic N) is 2. The Morgan fingerprint density at radius 2 is 1.88 bits per heavy atom. The van der Waals surface area contributed by atoms with Gasteiger partial charge in [0.2, 0.25) is 0 Å². The van der Waals surface area contributed by atoms with Gasteiger partial charge >= 0.3 is 0 Å². The Morgan fingerprint density at radius 3 is 2.56 bits per heavy atom. The van der Waals surface area contributed by atoms with E-state index in [4.69, 9.17) is 4.74 Å². The summed E-state index contributed by atoms with van der Waals surface area (Å²) in [6.45, 7) is 1.56. The van der Waals surface area contributed by atoms with Crippen LogP contribution in [0.15, 0.2) is 53.5 Å². The predicted octanol–water partition coefficient (Wildman–Crippen LogP) is 3.04. The lowest BCUT2D eigenvalue weighted by Gasteiger charge is -2.23. The Bertz CT molecular complexity index is 684. The van der Waals surface area contributed by atoms with Crippen molar-refractivity contribution in [1.29, 1.82) is 0 Å². The summed E-state index contributed by atoms with van der Waals surface area (Å²) in [6.07, 6.45) is 1.95. The maximum absolute atomic E-state index is 9.31. The summed E-state index contributed by atoms with van der Waals surface area (Å²) >= 11 is 0. The smallest absolute Gasteiger partial charge is 0.193 e. The summed E-state index contributed by atoms with van der Waals surface area (Å²) in [7, 11) is 5.50. The third-order valence-electron chi connectivity index (χ3n) is 4.04. The van der Waals surface area contributed by atoms with E-state index in [1.165, 1.54) is 5.56 Å². The standard InChI is InChI=1S/C20H27N3O2/c1-21-20(22-14-6-7-16-10-12-18(24)13-11-16)23(2)15-17-8-4-5-9-19(17)25-3/h4-5,8-13,24H,6-7,14-15H2,1-3H3,(H,21,22). The molecule has 5 heteroatoms. The maximum atomic E-state index is 9.31. The molecule has 0 amide bonds. The molecule has 2 aromatic carbocycles. The summed E-state index contributed by atoms with van der Waals surface area (Å²) in [4.78, 5) is 6.44. The molecular weight excluding hydrogens is 314 g/mol. The lowest BCUT2D eigenvalue weighted by molar-refractivity contribution is 0.396. The van der Waals surface area contributed by atoms with Crippen LogP contribution in [-0.4, -0.2) is 43.7 Å². The highest BCUT2D eigenvalue weighted by molar-refractivity contribution is 5.79. The molecule has 0 aliphatic carbocycles. The number of aromatic hydroxyl groups is 1. The second-order valence-corrected chi connectivity index (χ2v) is 5.91. The van der Waals surface area contributed by atoms with Crippen molar-refractivity contribution in [2.24, 2.45) is 4.99 Å². The molecule has 0 saturated carbocycles. The molecule has 0 aliphatic rings. The number of nitrogens with one attached hydrogen (secondary N) is 1. The SMILES string of the molecule is CN=C(NCCCc1ccc(O)cc1)N(C)Cc1ccccc1OC. The van der Waals surface area contributed by atoms with Crippen molar-refractivity contribution in [3.63, 3.8) is 0 Å².